The average Bonchev–Trinajstić information content (AvgIpc) is 2.41. The molecule has 0 amide bonds. The minimum atomic E-state index is 0.0222. The molecule has 0 aliphatic heterocycles. The number of halogens is 2. The molecule has 0 aromatic heterocycles. The number of hydrogen-bond donors (Lipinski definition) is 2. The molecule has 0 atom stereocenters. The van der Waals surface area contributed by atoms with Crippen molar-refractivity contribution in [2.24, 2.45) is 5.73 Å². The first-order valence-corrected chi connectivity index (χ1v) is 7.24. The Morgan fingerprint density at radius 1 is 1.25 bits per heavy atom. The molecule has 5 heteroatoms. The van der Waals surface area contributed by atoms with Gasteiger partial charge in [0.25, 0.3) is 0 Å². The number of benzene rings is 2. The molecule has 3 N–H and O–H groups in total. The van der Waals surface area contributed by atoms with Crippen LogP contribution >= 0.6 is 27.5 Å². The summed E-state index contributed by atoms with van der Waals surface area (Å²) >= 11 is 9.68. The highest BCUT2D eigenvalue weighted by Gasteiger charge is 2.08. The molecule has 0 spiro atoms. The van der Waals surface area contributed by atoms with Gasteiger partial charge in [-0.1, -0.05) is 39.7 Å². The monoisotopic (exact) mass is 351 g/mol. The second kappa shape index (κ2) is 6.29. The minimum absolute atomic E-state index is 0.0222. The van der Waals surface area contributed by atoms with Gasteiger partial charge >= 0.3 is 0 Å². The Kier molecular flexibility index (Phi) is 4.68. The zero-order valence-electron chi connectivity index (χ0n) is 11.0. The molecule has 0 heterocycles. The first-order chi connectivity index (χ1) is 9.47. The maximum absolute atomic E-state index is 7.41. The van der Waals surface area contributed by atoms with Gasteiger partial charge in [-0.25, -0.2) is 0 Å². The maximum Gasteiger partial charge on any atom is 0.122 e. The van der Waals surface area contributed by atoms with Gasteiger partial charge in [0.15, 0.2) is 0 Å². The predicted octanol–water partition coefficient (Wildman–Crippen LogP) is 4.02. The molecule has 0 bridgehead atoms. The number of nitrogen functional groups attached to an aromatic ring is 1. The molecule has 2 aromatic rings. The van der Waals surface area contributed by atoms with Crippen molar-refractivity contribution in [1.82, 2.24) is 0 Å². The minimum Gasteiger partial charge on any atom is -0.384 e. The summed E-state index contributed by atoms with van der Waals surface area (Å²) in [6.07, 6.45) is 0. The van der Waals surface area contributed by atoms with Gasteiger partial charge in [0.2, 0.25) is 0 Å². The van der Waals surface area contributed by atoms with Crippen LogP contribution in [0.15, 0.2) is 46.9 Å². The number of hydrogen-bond acceptors (Lipinski definition) is 2. The number of nitrogens with two attached hydrogens (primary N) is 1. The van der Waals surface area contributed by atoms with Gasteiger partial charge in [-0.2, -0.15) is 0 Å². The van der Waals surface area contributed by atoms with E-state index >= 15 is 0 Å². The van der Waals surface area contributed by atoms with Crippen LogP contribution in [0.2, 0.25) is 5.02 Å². The molecule has 3 nitrogen and oxygen atoms in total. The fourth-order valence-electron chi connectivity index (χ4n) is 1.93. The molecule has 0 radical (unpaired) electrons. The van der Waals surface area contributed by atoms with Crippen molar-refractivity contribution in [1.29, 1.82) is 5.41 Å². The topological polar surface area (TPSA) is 53.1 Å². The van der Waals surface area contributed by atoms with E-state index in [0.717, 1.165) is 16.7 Å². The largest absolute Gasteiger partial charge is 0.384 e. The summed E-state index contributed by atoms with van der Waals surface area (Å²) < 4.78 is 1.06. The lowest BCUT2D eigenvalue weighted by molar-refractivity contribution is 0.923. The third-order valence-corrected chi connectivity index (χ3v) is 3.83. The predicted molar refractivity (Wildman–Crippen MR) is 88.7 cm³/mol. The zero-order chi connectivity index (χ0) is 14.7. The molecule has 0 saturated heterocycles. The van der Waals surface area contributed by atoms with Gasteiger partial charge in [-0.15, -0.1) is 0 Å². The van der Waals surface area contributed by atoms with Crippen LogP contribution in [0, 0.1) is 5.41 Å². The van der Waals surface area contributed by atoms with Crippen LogP contribution < -0.4 is 10.6 Å². The number of anilines is 1. The maximum atomic E-state index is 7.41. The lowest BCUT2D eigenvalue weighted by Gasteiger charge is -2.21. The second-order valence-electron chi connectivity index (χ2n) is 4.56. The van der Waals surface area contributed by atoms with Crippen LogP contribution in [-0.2, 0) is 6.54 Å². The van der Waals surface area contributed by atoms with Crippen molar-refractivity contribution in [2.45, 2.75) is 6.54 Å². The number of nitrogens with one attached hydrogen (secondary N) is 1. The summed E-state index contributed by atoms with van der Waals surface area (Å²) in [6, 6.07) is 13.6. The van der Waals surface area contributed by atoms with Crippen LogP contribution in [0.4, 0.5) is 5.69 Å². The summed E-state index contributed by atoms with van der Waals surface area (Å²) in [4.78, 5) is 2.06. The molecule has 0 fully saturated rings. The van der Waals surface area contributed by atoms with E-state index in [9.17, 15) is 0 Å². The van der Waals surface area contributed by atoms with E-state index in [1.165, 1.54) is 5.56 Å². The Balaban J connectivity index is 2.18. The van der Waals surface area contributed by atoms with Crippen molar-refractivity contribution in [3.8, 4) is 0 Å². The Hall–Kier alpha value is -1.52. The highest BCUT2D eigenvalue weighted by molar-refractivity contribution is 9.10. The van der Waals surface area contributed by atoms with E-state index in [2.05, 4.69) is 33.0 Å². The van der Waals surface area contributed by atoms with Gasteiger partial charge in [-0.3, -0.25) is 5.41 Å². The molecular formula is C15H15BrClN3. The first-order valence-electron chi connectivity index (χ1n) is 6.07. The van der Waals surface area contributed by atoms with Crippen molar-refractivity contribution in [2.75, 3.05) is 11.9 Å². The molecule has 0 aliphatic rings. The Bertz CT molecular complexity index is 626. The van der Waals surface area contributed by atoms with E-state index in [4.69, 9.17) is 22.7 Å². The van der Waals surface area contributed by atoms with Crippen LogP contribution in [0.3, 0.4) is 0 Å². The molecule has 0 unspecified atom stereocenters. The summed E-state index contributed by atoms with van der Waals surface area (Å²) in [5, 5.41) is 8.01. The molecule has 104 valence electrons. The Morgan fingerprint density at radius 3 is 2.45 bits per heavy atom. The second-order valence-corrected chi connectivity index (χ2v) is 5.89. The van der Waals surface area contributed by atoms with Crippen LogP contribution in [0.1, 0.15) is 11.1 Å². The first kappa shape index (κ1) is 14.9. The number of rotatable bonds is 4. The Labute approximate surface area is 132 Å². The van der Waals surface area contributed by atoms with Crippen LogP contribution in [-0.4, -0.2) is 12.9 Å². The molecular weight excluding hydrogens is 338 g/mol. The quantitative estimate of drug-likeness (QED) is 0.645. The number of amidine groups is 1. The summed E-state index contributed by atoms with van der Waals surface area (Å²) in [6.45, 7) is 0.756. The molecule has 0 aliphatic carbocycles. The smallest absolute Gasteiger partial charge is 0.122 e. The van der Waals surface area contributed by atoms with E-state index in [0.29, 0.717) is 10.6 Å². The van der Waals surface area contributed by atoms with E-state index in [-0.39, 0.29) is 5.84 Å². The highest BCUT2D eigenvalue weighted by Crippen LogP contribution is 2.27. The van der Waals surface area contributed by atoms with E-state index in [1.807, 2.05) is 31.3 Å². The standard InChI is InChI=1S/C15H15BrClN3/c1-20(9-10-2-5-12(16)6-3-10)14-7-4-11(15(18)19)8-13(14)17/h2-8H,9H2,1H3,(H3,18,19). The average molecular weight is 353 g/mol. The van der Waals surface area contributed by atoms with Crippen LogP contribution in [0.5, 0.6) is 0 Å². The lowest BCUT2D eigenvalue weighted by Crippen LogP contribution is -2.17. The Morgan fingerprint density at radius 2 is 1.90 bits per heavy atom. The normalized spacial score (nSPS) is 10.3. The fourth-order valence-corrected chi connectivity index (χ4v) is 2.52. The van der Waals surface area contributed by atoms with Crippen molar-refractivity contribution in [3.05, 3.63) is 63.1 Å². The van der Waals surface area contributed by atoms with Gasteiger partial charge in [0.1, 0.15) is 5.84 Å². The molecule has 2 aromatic carbocycles. The van der Waals surface area contributed by atoms with E-state index < -0.39 is 0 Å². The third-order valence-electron chi connectivity index (χ3n) is 3.00. The van der Waals surface area contributed by atoms with Gasteiger partial charge in [0, 0.05) is 23.6 Å². The van der Waals surface area contributed by atoms with Crippen molar-refractivity contribution < 1.29 is 0 Å². The van der Waals surface area contributed by atoms with E-state index in [1.54, 1.807) is 6.07 Å². The van der Waals surface area contributed by atoms with Gasteiger partial charge in [0.05, 0.1) is 10.7 Å². The summed E-state index contributed by atoms with van der Waals surface area (Å²) in [7, 11) is 1.98. The number of nitrogens with zero attached hydrogens (tertiary/aromatic N) is 1. The highest BCUT2D eigenvalue weighted by atomic mass is 79.9. The molecule has 2 rings (SSSR count). The summed E-state index contributed by atoms with van der Waals surface area (Å²) in [5.74, 6) is 0.0222. The lowest BCUT2D eigenvalue weighted by atomic mass is 10.1. The molecule has 20 heavy (non-hydrogen) atoms. The molecule has 0 saturated carbocycles. The fraction of sp³-hybridized carbons (Fsp3) is 0.133. The third kappa shape index (κ3) is 3.52. The SMILES string of the molecule is CN(Cc1ccc(Br)cc1)c1ccc(C(=N)N)cc1Cl. The van der Waals surface area contributed by atoms with Crippen LogP contribution in [0.25, 0.3) is 0 Å². The summed E-state index contributed by atoms with van der Waals surface area (Å²) in [5.41, 5.74) is 8.20. The van der Waals surface area contributed by atoms with Crippen molar-refractivity contribution >= 4 is 39.1 Å². The zero-order valence-corrected chi connectivity index (χ0v) is 13.4. The van der Waals surface area contributed by atoms with Gasteiger partial charge < -0.3 is 10.6 Å². The van der Waals surface area contributed by atoms with Gasteiger partial charge in [-0.05, 0) is 35.9 Å². The van der Waals surface area contributed by atoms with Crippen molar-refractivity contribution in [3.63, 3.8) is 0 Å².